The van der Waals surface area contributed by atoms with Gasteiger partial charge < -0.3 is 20.2 Å². The molecule has 0 spiro atoms. The van der Waals surface area contributed by atoms with Crippen LogP contribution in [0, 0.1) is 0 Å². The van der Waals surface area contributed by atoms with Gasteiger partial charge in [-0.15, -0.1) is 0 Å². The Morgan fingerprint density at radius 1 is 1.14 bits per heavy atom. The summed E-state index contributed by atoms with van der Waals surface area (Å²) in [6, 6.07) is 14.8. The lowest BCUT2D eigenvalue weighted by atomic mass is 10.0. The van der Waals surface area contributed by atoms with E-state index in [1.807, 2.05) is 30.3 Å². The summed E-state index contributed by atoms with van der Waals surface area (Å²) in [6.07, 6.45) is 1.43. The van der Waals surface area contributed by atoms with Gasteiger partial charge in [0.2, 0.25) is 5.89 Å². The number of urea groups is 1. The van der Waals surface area contributed by atoms with Crippen molar-refractivity contribution in [2.45, 2.75) is 19.1 Å². The number of oxazole rings is 1. The van der Waals surface area contributed by atoms with E-state index in [0.717, 1.165) is 5.56 Å². The predicted molar refractivity (Wildman–Crippen MR) is 103 cm³/mol. The number of hydrogen-bond donors (Lipinski definition) is 2. The van der Waals surface area contributed by atoms with E-state index in [2.05, 4.69) is 10.3 Å². The summed E-state index contributed by atoms with van der Waals surface area (Å²) in [7, 11) is 0. The van der Waals surface area contributed by atoms with E-state index in [-0.39, 0.29) is 18.9 Å². The Morgan fingerprint density at radius 3 is 2.57 bits per heavy atom. The molecule has 3 N–H and O–H groups in total. The quantitative estimate of drug-likeness (QED) is 0.587. The summed E-state index contributed by atoms with van der Waals surface area (Å²) in [5.41, 5.74) is 6.65. The van der Waals surface area contributed by atoms with Crippen molar-refractivity contribution in [2.75, 3.05) is 0 Å². The number of nitrogens with two attached hydrogens (primary N) is 1. The highest BCUT2D eigenvalue weighted by Gasteiger charge is 2.21. The number of amides is 2. The molecule has 0 aliphatic rings. The van der Waals surface area contributed by atoms with Crippen molar-refractivity contribution in [3.05, 3.63) is 77.3 Å². The van der Waals surface area contributed by atoms with E-state index in [9.17, 15) is 9.59 Å². The third-order valence-corrected chi connectivity index (χ3v) is 4.28. The van der Waals surface area contributed by atoms with Crippen LogP contribution in [0.1, 0.15) is 23.9 Å². The van der Waals surface area contributed by atoms with E-state index in [1.54, 1.807) is 30.5 Å². The summed E-state index contributed by atoms with van der Waals surface area (Å²) >= 11 is 6.15. The zero-order valence-corrected chi connectivity index (χ0v) is 15.6. The summed E-state index contributed by atoms with van der Waals surface area (Å²) in [6.45, 7) is -0.127. The number of ether oxygens (including phenoxy) is 1. The Balaban J connectivity index is 1.61. The highest BCUT2D eigenvalue weighted by Crippen LogP contribution is 2.26. The molecule has 0 fully saturated rings. The van der Waals surface area contributed by atoms with E-state index in [0.29, 0.717) is 16.3 Å². The molecule has 7 nitrogen and oxygen atoms in total. The second-order valence-corrected chi connectivity index (χ2v) is 6.34. The van der Waals surface area contributed by atoms with Crippen molar-refractivity contribution in [3.8, 4) is 11.3 Å². The molecule has 0 saturated carbocycles. The number of carbonyl (C=O) groups is 2. The Bertz CT molecular complexity index is 959. The number of primary amides is 1. The molecule has 144 valence electrons. The number of nitrogens with zero attached hydrogens (tertiary/aromatic N) is 1. The molecule has 0 radical (unpaired) electrons. The number of hydrogen-bond acceptors (Lipinski definition) is 5. The van der Waals surface area contributed by atoms with Gasteiger partial charge in [-0.3, -0.25) is 4.79 Å². The summed E-state index contributed by atoms with van der Waals surface area (Å²) in [5.74, 6) is 0.290. The van der Waals surface area contributed by atoms with Crippen LogP contribution in [0.2, 0.25) is 5.02 Å². The lowest BCUT2D eigenvalue weighted by Gasteiger charge is -2.18. The third-order valence-electron chi connectivity index (χ3n) is 3.94. The minimum atomic E-state index is -0.766. The fourth-order valence-electron chi connectivity index (χ4n) is 2.65. The molecule has 3 rings (SSSR count). The van der Waals surface area contributed by atoms with E-state index in [4.69, 9.17) is 26.5 Å². The molecule has 2 amide bonds. The van der Waals surface area contributed by atoms with Crippen molar-refractivity contribution in [1.82, 2.24) is 10.3 Å². The van der Waals surface area contributed by atoms with E-state index >= 15 is 0 Å². The molecule has 1 aromatic heterocycles. The number of carbonyl (C=O) groups excluding carboxylic acids is 2. The molecule has 1 heterocycles. The van der Waals surface area contributed by atoms with Gasteiger partial charge in [0.25, 0.3) is 0 Å². The second-order valence-electron chi connectivity index (χ2n) is 5.93. The highest BCUT2D eigenvalue weighted by atomic mass is 35.5. The van der Waals surface area contributed by atoms with Crippen LogP contribution in [0.25, 0.3) is 11.3 Å². The van der Waals surface area contributed by atoms with Gasteiger partial charge in [-0.1, -0.05) is 60.1 Å². The van der Waals surface area contributed by atoms with Crippen LogP contribution in [0.4, 0.5) is 4.79 Å². The van der Waals surface area contributed by atoms with Crippen molar-refractivity contribution < 1.29 is 18.7 Å². The first-order valence-corrected chi connectivity index (χ1v) is 8.87. The molecule has 0 saturated heterocycles. The van der Waals surface area contributed by atoms with E-state index < -0.39 is 18.0 Å². The Kier molecular flexibility index (Phi) is 6.29. The molecule has 28 heavy (non-hydrogen) atoms. The van der Waals surface area contributed by atoms with Gasteiger partial charge in [0, 0.05) is 10.6 Å². The van der Waals surface area contributed by atoms with Crippen LogP contribution >= 0.6 is 11.6 Å². The molecule has 0 aliphatic carbocycles. The Labute approximate surface area is 166 Å². The molecule has 0 aliphatic heterocycles. The molecule has 8 heteroatoms. The maximum absolute atomic E-state index is 12.2. The minimum absolute atomic E-state index is 0.127. The van der Waals surface area contributed by atoms with Crippen LogP contribution in [0.15, 0.2) is 65.2 Å². The monoisotopic (exact) mass is 399 g/mol. The van der Waals surface area contributed by atoms with Gasteiger partial charge in [-0.2, -0.15) is 0 Å². The number of esters is 1. The molecular weight excluding hydrogens is 382 g/mol. The summed E-state index contributed by atoms with van der Waals surface area (Å²) in [4.78, 5) is 27.6. The fraction of sp³-hybridized carbons (Fsp3) is 0.150. The van der Waals surface area contributed by atoms with Gasteiger partial charge in [-0.25, -0.2) is 9.78 Å². The maximum Gasteiger partial charge on any atom is 0.312 e. The molecule has 1 atom stereocenters. The molecule has 3 aromatic rings. The standard InChI is InChI=1S/C20H18ClN3O4/c21-15-9-5-4-8-14(15)16(24-20(22)26)10-19(25)27-12-18-23-11-17(28-18)13-6-2-1-3-7-13/h1-9,11,16H,10,12H2,(H3,22,24,26)/t16-/m1/s1. The minimum Gasteiger partial charge on any atom is -0.456 e. The normalized spacial score (nSPS) is 11.6. The van der Waals surface area contributed by atoms with Gasteiger partial charge in [0.15, 0.2) is 12.4 Å². The average Bonchev–Trinajstić information content (AvgIpc) is 3.16. The SMILES string of the molecule is NC(=O)N[C@H](CC(=O)OCc1ncc(-c2ccccc2)o1)c1ccccc1Cl. The largest absolute Gasteiger partial charge is 0.456 e. The topological polar surface area (TPSA) is 107 Å². The lowest BCUT2D eigenvalue weighted by Crippen LogP contribution is -2.34. The van der Waals surface area contributed by atoms with Crippen LogP contribution in [0.5, 0.6) is 0 Å². The van der Waals surface area contributed by atoms with Crippen molar-refractivity contribution >= 4 is 23.6 Å². The van der Waals surface area contributed by atoms with Crippen LogP contribution in [0.3, 0.4) is 0 Å². The number of halogens is 1. The average molecular weight is 400 g/mol. The van der Waals surface area contributed by atoms with Gasteiger partial charge in [0.05, 0.1) is 18.7 Å². The van der Waals surface area contributed by atoms with Crippen molar-refractivity contribution in [2.24, 2.45) is 5.73 Å². The van der Waals surface area contributed by atoms with Gasteiger partial charge in [0.1, 0.15) is 0 Å². The molecule has 0 unspecified atom stereocenters. The number of benzene rings is 2. The van der Waals surface area contributed by atoms with E-state index in [1.165, 1.54) is 0 Å². The molecular formula is C20H18ClN3O4. The lowest BCUT2D eigenvalue weighted by molar-refractivity contribution is -0.146. The molecule has 2 aromatic carbocycles. The number of rotatable bonds is 7. The maximum atomic E-state index is 12.2. The molecule has 0 bridgehead atoms. The first-order valence-electron chi connectivity index (χ1n) is 8.49. The summed E-state index contributed by atoms with van der Waals surface area (Å²) in [5, 5.41) is 2.92. The zero-order valence-electron chi connectivity index (χ0n) is 14.8. The predicted octanol–water partition coefficient (Wildman–Crippen LogP) is 3.84. The number of nitrogens with one attached hydrogen (secondary N) is 1. The first kappa shape index (κ1) is 19.4. The van der Waals surface area contributed by atoms with Crippen molar-refractivity contribution in [3.63, 3.8) is 0 Å². The Morgan fingerprint density at radius 2 is 1.86 bits per heavy atom. The van der Waals surface area contributed by atoms with Gasteiger partial charge in [-0.05, 0) is 11.6 Å². The highest BCUT2D eigenvalue weighted by molar-refractivity contribution is 6.31. The summed E-state index contributed by atoms with van der Waals surface area (Å²) < 4.78 is 10.8. The second kappa shape index (κ2) is 9.05. The van der Waals surface area contributed by atoms with Gasteiger partial charge >= 0.3 is 12.0 Å². The smallest absolute Gasteiger partial charge is 0.312 e. The van der Waals surface area contributed by atoms with Crippen LogP contribution in [-0.4, -0.2) is 17.0 Å². The first-order chi connectivity index (χ1) is 13.5. The van der Waals surface area contributed by atoms with Crippen molar-refractivity contribution in [1.29, 1.82) is 0 Å². The fourth-order valence-corrected chi connectivity index (χ4v) is 2.92. The zero-order chi connectivity index (χ0) is 19.9. The third kappa shape index (κ3) is 5.11. The van der Waals surface area contributed by atoms with Crippen LogP contribution in [-0.2, 0) is 16.1 Å². The number of aromatic nitrogens is 1. The Hall–Kier alpha value is -3.32. The van der Waals surface area contributed by atoms with Crippen LogP contribution < -0.4 is 11.1 Å².